The molecule has 0 aliphatic heterocycles. The van der Waals surface area contributed by atoms with Crippen molar-refractivity contribution < 1.29 is 14.2 Å². The largest absolute Gasteiger partial charge is 0.329 e. The van der Waals surface area contributed by atoms with Gasteiger partial charge >= 0.3 is 0 Å². The topological polar surface area (TPSA) is 58.6 Å². The SMILES string of the molecule is COP(O)(=S)NC(=O)C(Cl)Cl. The monoisotopic (exact) mass is 237 g/mol. The van der Waals surface area contributed by atoms with Crippen LogP contribution in [0.4, 0.5) is 0 Å². The van der Waals surface area contributed by atoms with Crippen molar-refractivity contribution in [2.45, 2.75) is 4.84 Å². The van der Waals surface area contributed by atoms with Crippen LogP contribution in [0.15, 0.2) is 0 Å². The normalized spacial score (nSPS) is 16.1. The Morgan fingerprint density at radius 2 is 2.27 bits per heavy atom. The van der Waals surface area contributed by atoms with Crippen LogP contribution in [-0.4, -0.2) is 22.7 Å². The maximum Gasteiger partial charge on any atom is 0.286 e. The van der Waals surface area contributed by atoms with Crippen molar-refractivity contribution in [3.05, 3.63) is 0 Å². The Hall–Kier alpha value is 0.620. The fourth-order valence-corrected chi connectivity index (χ4v) is 1.26. The van der Waals surface area contributed by atoms with Crippen molar-refractivity contribution >= 4 is 47.6 Å². The number of rotatable bonds is 3. The summed E-state index contributed by atoms with van der Waals surface area (Å²) in [5.74, 6) is -0.763. The Balaban J connectivity index is 4.05. The predicted molar refractivity (Wildman–Crippen MR) is 47.1 cm³/mol. The van der Waals surface area contributed by atoms with Crippen molar-refractivity contribution in [1.82, 2.24) is 5.09 Å². The molecule has 0 heterocycles. The van der Waals surface area contributed by atoms with Crippen LogP contribution in [0, 0.1) is 0 Å². The molecule has 0 saturated heterocycles. The summed E-state index contributed by atoms with van der Waals surface area (Å²) < 4.78 is 4.39. The third-order valence-electron chi connectivity index (χ3n) is 0.697. The number of nitrogens with one attached hydrogen (secondary N) is 1. The first-order valence-corrected chi connectivity index (χ1v) is 5.92. The van der Waals surface area contributed by atoms with Crippen molar-refractivity contribution in [3.8, 4) is 0 Å². The predicted octanol–water partition coefficient (Wildman–Crippen LogP) is 0.769. The molecule has 0 radical (unpaired) electrons. The lowest BCUT2D eigenvalue weighted by molar-refractivity contribution is -0.117. The van der Waals surface area contributed by atoms with E-state index in [1.165, 1.54) is 7.11 Å². The molecule has 0 fully saturated rings. The summed E-state index contributed by atoms with van der Waals surface area (Å²) in [4.78, 5) is 18.4. The Kier molecular flexibility index (Phi) is 4.86. The second-order valence-electron chi connectivity index (χ2n) is 1.48. The molecule has 0 aliphatic rings. The van der Waals surface area contributed by atoms with Crippen molar-refractivity contribution in [2.75, 3.05) is 7.11 Å². The summed E-state index contributed by atoms with van der Waals surface area (Å²) in [6.07, 6.45) is 0. The van der Waals surface area contributed by atoms with Gasteiger partial charge in [-0.2, -0.15) is 0 Å². The van der Waals surface area contributed by atoms with Crippen molar-refractivity contribution in [1.29, 1.82) is 0 Å². The van der Waals surface area contributed by atoms with Gasteiger partial charge < -0.3 is 9.42 Å². The lowest BCUT2D eigenvalue weighted by atomic mass is 10.8. The Morgan fingerprint density at radius 1 is 1.82 bits per heavy atom. The van der Waals surface area contributed by atoms with Crippen LogP contribution >= 0.6 is 29.8 Å². The van der Waals surface area contributed by atoms with Gasteiger partial charge in [-0.15, -0.1) is 0 Å². The zero-order chi connectivity index (χ0) is 9.07. The maximum atomic E-state index is 10.7. The quantitative estimate of drug-likeness (QED) is 0.563. The van der Waals surface area contributed by atoms with Crippen LogP contribution in [0.2, 0.25) is 0 Å². The summed E-state index contributed by atoms with van der Waals surface area (Å²) in [5.41, 5.74) is 0. The van der Waals surface area contributed by atoms with Gasteiger partial charge in [0.05, 0.1) is 0 Å². The number of hydrogen-bond acceptors (Lipinski definition) is 3. The number of hydrogen-bond donors (Lipinski definition) is 2. The molecule has 1 amide bonds. The first-order chi connectivity index (χ1) is 4.89. The lowest BCUT2D eigenvalue weighted by Crippen LogP contribution is -2.25. The minimum atomic E-state index is -3.22. The molecule has 0 spiro atoms. The van der Waals surface area contributed by atoms with E-state index in [0.717, 1.165) is 0 Å². The number of halogens is 2. The lowest BCUT2D eigenvalue weighted by Gasteiger charge is -2.13. The molecule has 0 aromatic carbocycles. The molecular formula is C3H6Cl2NO3PS. The summed E-state index contributed by atoms with van der Waals surface area (Å²) in [6.45, 7) is -3.22. The second kappa shape index (κ2) is 4.60. The molecule has 0 aromatic rings. The minimum absolute atomic E-state index is 0.763. The zero-order valence-corrected chi connectivity index (χ0v) is 8.68. The summed E-state index contributed by atoms with van der Waals surface area (Å²) in [6, 6.07) is 0. The van der Waals surface area contributed by atoms with Crippen LogP contribution in [0.5, 0.6) is 0 Å². The number of carbonyl (C=O) groups excluding carboxylic acids is 1. The van der Waals surface area contributed by atoms with E-state index in [0.29, 0.717) is 0 Å². The Labute approximate surface area is 79.0 Å². The summed E-state index contributed by atoms with van der Waals surface area (Å²) >= 11 is 14.7. The molecule has 0 bridgehead atoms. The summed E-state index contributed by atoms with van der Waals surface area (Å²) in [7, 11) is 1.18. The Bertz CT molecular complexity index is 199. The smallest absolute Gasteiger partial charge is 0.286 e. The molecule has 0 aliphatic carbocycles. The van der Waals surface area contributed by atoms with Gasteiger partial charge in [0.1, 0.15) is 0 Å². The highest BCUT2D eigenvalue weighted by atomic mass is 35.5. The van der Waals surface area contributed by atoms with E-state index in [-0.39, 0.29) is 0 Å². The molecule has 0 aromatic heterocycles. The van der Waals surface area contributed by atoms with Gasteiger partial charge in [0, 0.05) is 7.11 Å². The maximum absolute atomic E-state index is 10.7. The molecular weight excluding hydrogens is 232 g/mol. The van der Waals surface area contributed by atoms with Gasteiger partial charge in [0.2, 0.25) is 0 Å². The first kappa shape index (κ1) is 11.6. The fourth-order valence-electron chi connectivity index (χ4n) is 0.234. The zero-order valence-electron chi connectivity index (χ0n) is 5.45. The highest BCUT2D eigenvalue weighted by molar-refractivity contribution is 8.08. The Morgan fingerprint density at radius 3 is 2.55 bits per heavy atom. The first-order valence-electron chi connectivity index (χ1n) is 2.38. The fraction of sp³-hybridized carbons (Fsp3) is 0.667. The van der Waals surface area contributed by atoms with Crippen LogP contribution < -0.4 is 5.09 Å². The average Bonchev–Trinajstić information content (AvgIpc) is 1.87. The van der Waals surface area contributed by atoms with E-state index in [1.807, 2.05) is 5.09 Å². The molecule has 0 rings (SSSR count). The molecule has 11 heavy (non-hydrogen) atoms. The van der Waals surface area contributed by atoms with Crippen molar-refractivity contribution in [2.24, 2.45) is 0 Å². The van der Waals surface area contributed by atoms with Gasteiger partial charge in [-0.1, -0.05) is 23.2 Å². The van der Waals surface area contributed by atoms with E-state index >= 15 is 0 Å². The minimum Gasteiger partial charge on any atom is -0.329 e. The highest BCUT2D eigenvalue weighted by Crippen LogP contribution is 2.35. The van der Waals surface area contributed by atoms with Crippen LogP contribution in [0.1, 0.15) is 0 Å². The van der Waals surface area contributed by atoms with Crippen molar-refractivity contribution in [3.63, 3.8) is 0 Å². The highest BCUT2D eigenvalue weighted by Gasteiger charge is 2.19. The molecule has 66 valence electrons. The van der Waals surface area contributed by atoms with Crippen LogP contribution in [0.25, 0.3) is 0 Å². The molecule has 2 N–H and O–H groups in total. The molecule has 8 heteroatoms. The molecule has 1 atom stereocenters. The van der Waals surface area contributed by atoms with E-state index in [9.17, 15) is 4.79 Å². The van der Waals surface area contributed by atoms with Gasteiger partial charge in [-0.3, -0.25) is 9.88 Å². The molecule has 0 saturated carbocycles. The van der Waals surface area contributed by atoms with E-state index < -0.39 is 17.4 Å². The van der Waals surface area contributed by atoms with Gasteiger partial charge in [-0.05, 0) is 11.8 Å². The number of amides is 1. The number of carbonyl (C=O) groups is 1. The van der Waals surface area contributed by atoms with E-state index in [2.05, 4.69) is 16.3 Å². The van der Waals surface area contributed by atoms with Gasteiger partial charge in [0.15, 0.2) is 4.84 Å². The second-order valence-corrected chi connectivity index (χ2v) is 5.69. The molecule has 1 unspecified atom stereocenters. The third-order valence-corrected chi connectivity index (χ3v) is 2.81. The van der Waals surface area contributed by atoms with Gasteiger partial charge in [-0.25, -0.2) is 0 Å². The summed E-state index contributed by atoms with van der Waals surface area (Å²) in [5, 5.41) is 1.96. The van der Waals surface area contributed by atoms with Crippen LogP contribution in [0.3, 0.4) is 0 Å². The van der Waals surface area contributed by atoms with Gasteiger partial charge in [0.25, 0.3) is 12.5 Å². The average molecular weight is 238 g/mol. The van der Waals surface area contributed by atoms with E-state index in [1.54, 1.807) is 0 Å². The van der Waals surface area contributed by atoms with E-state index in [4.69, 9.17) is 28.1 Å². The standard InChI is InChI=1S/C3H6Cl2NO3PS/c1-9-10(8,11)6-3(7)2(4)5/h2H,1H3,(H2,6,7,8,11). The molecule has 4 nitrogen and oxygen atoms in total. The van der Waals surface area contributed by atoms with Crippen LogP contribution in [-0.2, 0) is 21.1 Å². The third kappa shape index (κ3) is 4.95. The number of alkyl halides is 2.